The molecule has 20 heavy (non-hydrogen) atoms. The first-order valence-corrected chi connectivity index (χ1v) is 5.56. The molecule has 0 saturated carbocycles. The fraction of sp³-hybridized carbons (Fsp3) is 0. The van der Waals surface area contributed by atoms with Crippen molar-refractivity contribution in [3.63, 3.8) is 0 Å². The highest BCUT2D eigenvalue weighted by atomic mass is 16.6. The number of non-ortho nitro benzene ring substituents is 1. The van der Waals surface area contributed by atoms with E-state index in [1.807, 2.05) is 0 Å². The maximum atomic E-state index is 12.1. The summed E-state index contributed by atoms with van der Waals surface area (Å²) in [5.41, 5.74) is -0.273. The van der Waals surface area contributed by atoms with Crippen molar-refractivity contribution in [2.24, 2.45) is 0 Å². The second-order valence-corrected chi connectivity index (χ2v) is 3.82. The normalized spacial score (nSPS) is 10.8. The van der Waals surface area contributed by atoms with E-state index in [1.54, 1.807) is 18.2 Å². The summed E-state index contributed by atoms with van der Waals surface area (Å²) in [6.45, 7) is 0. The van der Waals surface area contributed by atoms with Crippen molar-refractivity contribution in [3.8, 4) is 6.07 Å². The maximum absolute atomic E-state index is 12.1. The van der Waals surface area contributed by atoms with Crippen LogP contribution in [0.25, 0.3) is 6.08 Å². The van der Waals surface area contributed by atoms with E-state index in [4.69, 9.17) is 9.68 Å². The number of allylic oxidation sites excluding steroid dienone is 1. The Hall–Kier alpha value is -3.20. The molecular formula is C14H8N2O4. The molecule has 98 valence electrons. The van der Waals surface area contributed by atoms with Crippen LogP contribution in [-0.4, -0.2) is 10.7 Å². The number of carbonyl (C=O) groups excluding carboxylic acids is 1. The number of nitro groups is 1. The van der Waals surface area contributed by atoms with Crippen LogP contribution in [0.5, 0.6) is 0 Å². The first-order valence-electron chi connectivity index (χ1n) is 5.56. The van der Waals surface area contributed by atoms with Crippen LogP contribution < -0.4 is 0 Å². The number of nitriles is 1. The second-order valence-electron chi connectivity index (χ2n) is 3.82. The molecule has 0 unspecified atom stereocenters. The average molecular weight is 268 g/mol. The highest BCUT2D eigenvalue weighted by molar-refractivity contribution is 6.14. The first kappa shape index (κ1) is 13.2. The molecule has 0 atom stereocenters. The van der Waals surface area contributed by atoms with E-state index in [-0.39, 0.29) is 16.8 Å². The number of carbonyl (C=O) groups is 1. The smallest absolute Gasteiger partial charge is 0.270 e. The van der Waals surface area contributed by atoms with Crippen LogP contribution in [0.1, 0.15) is 16.1 Å². The Kier molecular flexibility index (Phi) is 3.72. The molecule has 1 heterocycles. The topological polar surface area (TPSA) is 97.1 Å². The fourth-order valence-electron chi connectivity index (χ4n) is 1.58. The predicted molar refractivity (Wildman–Crippen MR) is 69.7 cm³/mol. The van der Waals surface area contributed by atoms with Gasteiger partial charge in [-0.1, -0.05) is 12.1 Å². The van der Waals surface area contributed by atoms with Gasteiger partial charge in [0.15, 0.2) is 0 Å². The summed E-state index contributed by atoms with van der Waals surface area (Å²) in [5, 5.41) is 19.7. The summed E-state index contributed by atoms with van der Waals surface area (Å²) >= 11 is 0. The molecule has 1 aromatic carbocycles. The highest BCUT2D eigenvalue weighted by Crippen LogP contribution is 2.17. The third-order valence-electron chi connectivity index (χ3n) is 2.51. The summed E-state index contributed by atoms with van der Waals surface area (Å²) in [6, 6.07) is 10.2. The van der Waals surface area contributed by atoms with Gasteiger partial charge in [0, 0.05) is 23.8 Å². The van der Waals surface area contributed by atoms with Crippen molar-refractivity contribution in [2.45, 2.75) is 0 Å². The molecule has 0 aliphatic heterocycles. The Balaban J connectivity index is 2.37. The largest absolute Gasteiger partial charge is 0.465 e. The second kappa shape index (κ2) is 5.63. The third kappa shape index (κ3) is 2.79. The number of nitro benzene ring substituents is 1. The standard InChI is InChI=1S/C14H8N2O4/c15-9-11(8-13-5-2-6-20-13)14(17)10-3-1-4-12(7-10)16(18)19/h1-8H. The minimum Gasteiger partial charge on any atom is -0.465 e. The van der Waals surface area contributed by atoms with Gasteiger partial charge < -0.3 is 4.42 Å². The molecule has 0 bridgehead atoms. The molecule has 6 heteroatoms. The zero-order chi connectivity index (χ0) is 14.5. The number of hydrogen-bond donors (Lipinski definition) is 0. The van der Waals surface area contributed by atoms with E-state index in [0.29, 0.717) is 5.76 Å². The minimum absolute atomic E-state index is 0.0820. The van der Waals surface area contributed by atoms with Crippen LogP contribution in [0.3, 0.4) is 0 Å². The lowest BCUT2D eigenvalue weighted by atomic mass is 10.0. The van der Waals surface area contributed by atoms with Gasteiger partial charge in [-0.25, -0.2) is 0 Å². The molecule has 0 aliphatic carbocycles. The molecule has 0 fully saturated rings. The molecule has 0 aliphatic rings. The van der Waals surface area contributed by atoms with Gasteiger partial charge >= 0.3 is 0 Å². The van der Waals surface area contributed by atoms with Crippen molar-refractivity contribution in [1.29, 1.82) is 5.26 Å². The maximum Gasteiger partial charge on any atom is 0.270 e. The van der Waals surface area contributed by atoms with Gasteiger partial charge in [-0.05, 0) is 12.1 Å². The van der Waals surface area contributed by atoms with Gasteiger partial charge in [-0.15, -0.1) is 0 Å². The van der Waals surface area contributed by atoms with Gasteiger partial charge in [-0.3, -0.25) is 14.9 Å². The molecule has 1 aromatic heterocycles. The van der Waals surface area contributed by atoms with Crippen molar-refractivity contribution in [3.05, 3.63) is 69.7 Å². The van der Waals surface area contributed by atoms with E-state index in [1.165, 1.54) is 30.5 Å². The molecule has 2 aromatic rings. The Labute approximate surface area is 113 Å². The average Bonchev–Trinajstić information content (AvgIpc) is 2.97. The predicted octanol–water partition coefficient (Wildman–Crippen LogP) is 2.98. The van der Waals surface area contributed by atoms with Crippen molar-refractivity contribution in [1.82, 2.24) is 0 Å². The zero-order valence-electron chi connectivity index (χ0n) is 10.1. The lowest BCUT2D eigenvalue weighted by molar-refractivity contribution is -0.384. The summed E-state index contributed by atoms with van der Waals surface area (Å²) < 4.78 is 5.03. The molecule has 0 spiro atoms. The van der Waals surface area contributed by atoms with Gasteiger partial charge in [0.05, 0.1) is 11.2 Å². The first-order chi connectivity index (χ1) is 9.61. The number of nitrogens with zero attached hydrogens (tertiary/aromatic N) is 2. The van der Waals surface area contributed by atoms with Crippen molar-refractivity contribution in [2.75, 3.05) is 0 Å². The van der Waals surface area contributed by atoms with Crippen LogP contribution in [0.15, 0.2) is 52.7 Å². The van der Waals surface area contributed by atoms with Crippen LogP contribution in [0.2, 0.25) is 0 Å². The SMILES string of the molecule is N#CC(=Cc1ccco1)C(=O)c1cccc([N+](=O)[O-])c1. The van der Waals surface area contributed by atoms with Crippen molar-refractivity contribution >= 4 is 17.5 Å². The lowest BCUT2D eigenvalue weighted by Gasteiger charge is -1.99. The fourth-order valence-corrected chi connectivity index (χ4v) is 1.58. The summed E-state index contributed by atoms with van der Waals surface area (Å²) in [6.07, 6.45) is 2.71. The van der Waals surface area contributed by atoms with Crippen LogP contribution in [-0.2, 0) is 0 Å². The Bertz CT molecular complexity index is 724. The summed E-state index contributed by atoms with van der Waals surface area (Å²) in [4.78, 5) is 22.2. The van der Waals surface area contributed by atoms with E-state index in [2.05, 4.69) is 0 Å². The highest BCUT2D eigenvalue weighted by Gasteiger charge is 2.16. The monoisotopic (exact) mass is 268 g/mol. The number of Topliss-reactive ketones (excluding diaryl/α,β-unsaturated/α-hetero) is 1. The van der Waals surface area contributed by atoms with Crippen LogP contribution in [0, 0.1) is 21.4 Å². The number of benzene rings is 1. The molecule has 2 rings (SSSR count). The van der Waals surface area contributed by atoms with Gasteiger partial charge in [-0.2, -0.15) is 5.26 Å². The van der Waals surface area contributed by atoms with Gasteiger partial charge in [0.25, 0.3) is 5.69 Å². The van der Waals surface area contributed by atoms with Crippen LogP contribution in [0.4, 0.5) is 5.69 Å². The third-order valence-corrected chi connectivity index (χ3v) is 2.51. The summed E-state index contributed by atoms with van der Waals surface area (Å²) in [5.74, 6) is -0.229. The Morgan fingerprint density at radius 1 is 1.35 bits per heavy atom. The quantitative estimate of drug-likeness (QED) is 0.279. The van der Waals surface area contributed by atoms with E-state index in [9.17, 15) is 14.9 Å². The Morgan fingerprint density at radius 2 is 2.15 bits per heavy atom. The minimum atomic E-state index is -0.598. The van der Waals surface area contributed by atoms with E-state index < -0.39 is 10.7 Å². The van der Waals surface area contributed by atoms with E-state index in [0.717, 1.165) is 6.07 Å². The molecule has 0 saturated heterocycles. The van der Waals surface area contributed by atoms with Crippen molar-refractivity contribution < 1.29 is 14.1 Å². The van der Waals surface area contributed by atoms with Gasteiger partial charge in [0.2, 0.25) is 5.78 Å². The number of furan rings is 1. The number of hydrogen-bond acceptors (Lipinski definition) is 5. The Morgan fingerprint density at radius 3 is 2.75 bits per heavy atom. The lowest BCUT2D eigenvalue weighted by Crippen LogP contribution is -2.02. The van der Waals surface area contributed by atoms with Crippen LogP contribution >= 0.6 is 0 Å². The molecule has 6 nitrogen and oxygen atoms in total. The molecule has 0 radical (unpaired) electrons. The molecule has 0 N–H and O–H groups in total. The molecule has 0 amide bonds. The molecular weight excluding hydrogens is 260 g/mol. The van der Waals surface area contributed by atoms with Gasteiger partial charge in [0.1, 0.15) is 17.4 Å². The zero-order valence-corrected chi connectivity index (χ0v) is 10.1. The summed E-state index contributed by atoms with van der Waals surface area (Å²) in [7, 11) is 0. The number of ketones is 1. The number of rotatable bonds is 4. The van der Waals surface area contributed by atoms with E-state index >= 15 is 0 Å².